The third kappa shape index (κ3) is 5.98. The van der Waals surface area contributed by atoms with Crippen molar-refractivity contribution in [3.8, 4) is 0 Å². The molecule has 1 aromatic rings. The van der Waals surface area contributed by atoms with Crippen LogP contribution in [0.5, 0.6) is 0 Å². The van der Waals surface area contributed by atoms with Crippen LogP contribution in [0, 0.1) is 5.92 Å². The zero-order valence-electron chi connectivity index (χ0n) is 16.7. The molecule has 1 aliphatic rings. The van der Waals surface area contributed by atoms with Crippen molar-refractivity contribution in [2.75, 3.05) is 0 Å². The van der Waals surface area contributed by atoms with E-state index in [-0.39, 0.29) is 58.1 Å². The zero-order valence-corrected chi connectivity index (χ0v) is 19.7. The molecule has 137 valence electrons. The molecule has 4 heteroatoms. The topological polar surface area (TPSA) is 14.1 Å². The Balaban J connectivity index is 0. The summed E-state index contributed by atoms with van der Waals surface area (Å²) in [5.74, 6) is 0.503. The molecule has 2 atom stereocenters. The number of hydrogen-bond donors (Lipinski definition) is 0. The summed E-state index contributed by atoms with van der Waals surface area (Å²) in [6, 6.07) is 9.01. The van der Waals surface area contributed by atoms with E-state index < -0.39 is 0 Å². The van der Waals surface area contributed by atoms with Crippen molar-refractivity contribution in [2.24, 2.45) is 5.92 Å². The van der Waals surface area contributed by atoms with Crippen molar-refractivity contribution < 1.29 is 46.5 Å². The number of halogens is 2. The third-order valence-electron chi connectivity index (χ3n) is 4.92. The summed E-state index contributed by atoms with van der Waals surface area (Å²) in [5.41, 5.74) is 8.61. The van der Waals surface area contributed by atoms with E-state index in [1.807, 2.05) is 0 Å². The van der Waals surface area contributed by atoms with E-state index in [1.165, 1.54) is 33.4 Å². The number of allylic oxidation sites excluding steroid dienone is 4. The van der Waals surface area contributed by atoms with E-state index in [4.69, 9.17) is 5.32 Å². The van der Waals surface area contributed by atoms with Crippen LogP contribution >= 0.6 is 0 Å². The molecule has 0 spiro atoms. The van der Waals surface area contributed by atoms with Gasteiger partial charge in [0.1, 0.15) is 0 Å². The molecule has 0 amide bonds. The first-order valence-corrected chi connectivity index (χ1v) is 8.33. The second-order valence-electron chi connectivity index (χ2n) is 7.63. The van der Waals surface area contributed by atoms with Crippen LogP contribution in [-0.4, -0.2) is 5.54 Å². The van der Waals surface area contributed by atoms with Gasteiger partial charge in [-0.25, -0.2) is 0 Å². The fourth-order valence-corrected chi connectivity index (χ4v) is 3.56. The molecule has 0 fully saturated rings. The summed E-state index contributed by atoms with van der Waals surface area (Å²) in [7, 11) is 0. The Kier molecular flexibility index (Phi) is 11.2. The van der Waals surface area contributed by atoms with Crippen LogP contribution in [0.1, 0.15) is 72.6 Å². The standard InChI is InChI=1S/C21H30N.2ClH.Ti/c1-13-14(2)16(4)20(15(13)3)19-12-10-9-11-18(19)17(5)22-21(6,7)8;;;/h9-12,15,17H,1-8H3;2*1H;/q-1;;;+3/p-2. The first-order chi connectivity index (χ1) is 10.1. The smallest absolute Gasteiger partial charge is 1.00 e. The molecule has 1 aromatic carbocycles. The van der Waals surface area contributed by atoms with E-state index in [0.29, 0.717) is 5.92 Å². The predicted molar refractivity (Wildman–Crippen MR) is 98.1 cm³/mol. The molecule has 1 radical (unpaired) electrons. The van der Waals surface area contributed by atoms with Crippen LogP contribution in [0.25, 0.3) is 10.9 Å². The molecule has 2 rings (SSSR count). The molecule has 0 heterocycles. The SMILES string of the molecule is CC1=C(C)C(C)C(c2ccccc2C(C)[N-]C(C)(C)C)=C1C.[Cl-].[Cl-].[Ti+3]. The quantitative estimate of drug-likeness (QED) is 0.646. The Hall–Kier alpha value is -0.0457. The van der Waals surface area contributed by atoms with Crippen molar-refractivity contribution >= 4 is 5.57 Å². The van der Waals surface area contributed by atoms with Gasteiger partial charge in [0.25, 0.3) is 0 Å². The van der Waals surface area contributed by atoms with Gasteiger partial charge in [0.05, 0.1) is 0 Å². The third-order valence-corrected chi connectivity index (χ3v) is 4.92. The van der Waals surface area contributed by atoms with Crippen LogP contribution in [0.4, 0.5) is 0 Å². The molecule has 0 N–H and O–H groups in total. The number of rotatable bonds is 3. The zero-order chi connectivity index (χ0) is 16.7. The van der Waals surface area contributed by atoms with Crippen LogP contribution in [0.15, 0.2) is 41.0 Å². The molecule has 0 saturated heterocycles. The van der Waals surface area contributed by atoms with E-state index in [9.17, 15) is 0 Å². The molecule has 0 saturated carbocycles. The van der Waals surface area contributed by atoms with Crippen LogP contribution in [0.3, 0.4) is 0 Å². The minimum atomic E-state index is -0.0126. The summed E-state index contributed by atoms with van der Waals surface area (Å²) >= 11 is 0. The second-order valence-corrected chi connectivity index (χ2v) is 7.63. The van der Waals surface area contributed by atoms with Gasteiger partial charge in [-0.3, -0.25) is 0 Å². The Morgan fingerprint density at radius 2 is 1.48 bits per heavy atom. The van der Waals surface area contributed by atoms with Gasteiger partial charge in [-0.1, -0.05) is 70.0 Å². The molecule has 1 aliphatic carbocycles. The summed E-state index contributed by atoms with van der Waals surface area (Å²) < 4.78 is 0. The monoisotopic (exact) mass is 414 g/mol. The Labute approximate surface area is 181 Å². The number of benzene rings is 1. The summed E-state index contributed by atoms with van der Waals surface area (Å²) in [5, 5.41) is 4.96. The van der Waals surface area contributed by atoms with Gasteiger partial charge in [-0.05, 0) is 43.1 Å². The predicted octanol–water partition coefficient (Wildman–Crippen LogP) is 0.685. The van der Waals surface area contributed by atoms with Crippen LogP contribution in [0.2, 0.25) is 0 Å². The minimum absolute atomic E-state index is 0. The molecule has 25 heavy (non-hydrogen) atoms. The van der Waals surface area contributed by atoms with E-state index in [2.05, 4.69) is 79.7 Å². The summed E-state index contributed by atoms with van der Waals surface area (Å²) in [6.07, 6.45) is 0. The van der Waals surface area contributed by atoms with Crippen molar-refractivity contribution in [3.05, 3.63) is 57.4 Å². The molecule has 0 aromatic heterocycles. The molecular weight excluding hydrogens is 385 g/mol. The second kappa shape index (κ2) is 10.3. The van der Waals surface area contributed by atoms with Crippen molar-refractivity contribution in [1.29, 1.82) is 0 Å². The molecular formula is C21H30Cl2NTi. The van der Waals surface area contributed by atoms with Crippen molar-refractivity contribution in [1.82, 2.24) is 0 Å². The van der Waals surface area contributed by atoms with Gasteiger partial charge >= 0.3 is 21.7 Å². The Morgan fingerprint density at radius 3 is 1.92 bits per heavy atom. The van der Waals surface area contributed by atoms with Crippen molar-refractivity contribution in [2.45, 2.75) is 67.0 Å². The van der Waals surface area contributed by atoms with Gasteiger partial charge < -0.3 is 30.1 Å². The first kappa shape index (κ1) is 27.2. The molecule has 0 aliphatic heterocycles. The molecule has 0 bridgehead atoms. The molecule has 1 nitrogen and oxygen atoms in total. The van der Waals surface area contributed by atoms with Gasteiger partial charge in [-0.15, -0.1) is 11.6 Å². The normalized spacial score (nSPS) is 18.3. The number of nitrogens with zero attached hydrogens (tertiary/aromatic N) is 1. The maximum atomic E-state index is 4.96. The van der Waals surface area contributed by atoms with Crippen molar-refractivity contribution in [3.63, 3.8) is 0 Å². The summed E-state index contributed by atoms with van der Waals surface area (Å²) in [6.45, 7) is 17.8. The average molecular weight is 415 g/mol. The first-order valence-electron chi connectivity index (χ1n) is 8.33. The van der Waals surface area contributed by atoms with Gasteiger partial charge in [0.2, 0.25) is 0 Å². The maximum Gasteiger partial charge on any atom is 3.00 e. The number of hydrogen-bond acceptors (Lipinski definition) is 0. The van der Waals surface area contributed by atoms with Gasteiger partial charge in [-0.2, -0.15) is 0 Å². The molecule has 2 unspecified atom stereocenters. The van der Waals surface area contributed by atoms with Crippen LogP contribution in [-0.2, 0) is 21.7 Å². The summed E-state index contributed by atoms with van der Waals surface area (Å²) in [4.78, 5) is 0. The fourth-order valence-electron chi connectivity index (χ4n) is 3.56. The van der Waals surface area contributed by atoms with Gasteiger partial charge in [0.15, 0.2) is 0 Å². The largest absolute Gasteiger partial charge is 3.00 e. The van der Waals surface area contributed by atoms with E-state index in [1.54, 1.807) is 0 Å². The van der Waals surface area contributed by atoms with Gasteiger partial charge in [0, 0.05) is 5.92 Å². The minimum Gasteiger partial charge on any atom is -1.00 e. The Morgan fingerprint density at radius 1 is 0.960 bits per heavy atom. The fraction of sp³-hybridized carbons (Fsp3) is 0.524. The van der Waals surface area contributed by atoms with Crippen LogP contribution < -0.4 is 24.8 Å². The van der Waals surface area contributed by atoms with E-state index >= 15 is 0 Å². The van der Waals surface area contributed by atoms with E-state index in [0.717, 1.165) is 0 Å². The maximum absolute atomic E-state index is 4.96. The Bertz CT molecular complexity index is 642. The average Bonchev–Trinajstić information content (AvgIpc) is 2.61.